The van der Waals surface area contributed by atoms with Crippen LogP contribution in [-0.4, -0.2) is 37.2 Å². The summed E-state index contributed by atoms with van der Waals surface area (Å²) in [6.07, 6.45) is 7.86. The van der Waals surface area contributed by atoms with E-state index in [0.29, 0.717) is 19.4 Å². The van der Waals surface area contributed by atoms with Crippen molar-refractivity contribution in [3.63, 3.8) is 0 Å². The van der Waals surface area contributed by atoms with Gasteiger partial charge in [-0.3, -0.25) is 4.57 Å². The Kier molecular flexibility index (Phi) is 9.89. The van der Waals surface area contributed by atoms with E-state index in [1.165, 1.54) is 0 Å². The van der Waals surface area contributed by atoms with Gasteiger partial charge in [-0.05, 0) is 39.0 Å². The summed E-state index contributed by atoms with van der Waals surface area (Å²) in [5.41, 5.74) is 0.0836. The Labute approximate surface area is 141 Å². The third-order valence-electron chi connectivity index (χ3n) is 4.44. The molecule has 0 heterocycles. The lowest BCUT2D eigenvalue weighted by molar-refractivity contribution is 0.140. The fourth-order valence-corrected chi connectivity index (χ4v) is 6.04. The molecule has 0 bridgehead atoms. The monoisotopic (exact) mass is 347 g/mol. The van der Waals surface area contributed by atoms with Gasteiger partial charge in [-0.25, -0.2) is 4.79 Å². The lowest BCUT2D eigenvalue weighted by Gasteiger charge is -2.24. The maximum atomic E-state index is 13.2. The molecular formula is C17H34NO4P. The molecule has 6 heteroatoms. The van der Waals surface area contributed by atoms with Crippen molar-refractivity contribution in [1.29, 1.82) is 0 Å². The first-order chi connectivity index (χ1) is 11.1. The van der Waals surface area contributed by atoms with Gasteiger partial charge in [0.1, 0.15) is 0 Å². The Bertz CT molecular complexity index is 389. The van der Waals surface area contributed by atoms with Crippen molar-refractivity contribution in [3.05, 3.63) is 0 Å². The molecule has 136 valence electrons. The largest absolute Gasteiger partial charge is 0.450 e. The van der Waals surface area contributed by atoms with E-state index in [1.54, 1.807) is 0 Å². The Hall–Kier alpha value is -0.540. The second-order valence-corrected chi connectivity index (χ2v) is 9.26. The van der Waals surface area contributed by atoms with Gasteiger partial charge in [-0.2, -0.15) is 0 Å². The first-order valence-electron chi connectivity index (χ1n) is 9.22. The molecule has 0 aromatic heterocycles. The third-order valence-corrected chi connectivity index (χ3v) is 7.65. The lowest BCUT2D eigenvalue weighted by Crippen LogP contribution is -2.34. The van der Waals surface area contributed by atoms with Gasteiger partial charge >= 0.3 is 6.09 Å². The first kappa shape index (κ1) is 20.5. The zero-order chi connectivity index (χ0) is 17.1. The number of ether oxygens (including phenoxy) is 1. The summed E-state index contributed by atoms with van der Waals surface area (Å²) < 4.78 is 24.0. The summed E-state index contributed by atoms with van der Waals surface area (Å²) in [7, 11) is -2.60. The zero-order valence-electron chi connectivity index (χ0n) is 15.0. The average Bonchev–Trinajstić information content (AvgIpc) is 2.97. The van der Waals surface area contributed by atoms with Crippen LogP contribution < -0.4 is 5.32 Å². The van der Waals surface area contributed by atoms with Crippen LogP contribution in [0.15, 0.2) is 0 Å². The fourth-order valence-electron chi connectivity index (χ4n) is 3.12. The van der Waals surface area contributed by atoms with Gasteiger partial charge in [0.05, 0.1) is 13.2 Å². The number of nitrogens with one attached hydrogen (secondary N) is 1. The third kappa shape index (κ3) is 7.26. The highest BCUT2D eigenvalue weighted by atomic mass is 31.2. The summed E-state index contributed by atoms with van der Waals surface area (Å²) in [6, 6.07) is 0.0640. The lowest BCUT2D eigenvalue weighted by atomic mass is 10.3. The number of rotatable bonds is 11. The second-order valence-electron chi connectivity index (χ2n) is 6.37. The normalized spacial score (nSPS) is 23.4. The van der Waals surface area contributed by atoms with E-state index in [2.05, 4.69) is 19.2 Å². The highest BCUT2D eigenvalue weighted by Crippen LogP contribution is 2.57. The second kappa shape index (κ2) is 11.1. The number of alkyl carbamates (subject to hydrolysis) is 1. The summed E-state index contributed by atoms with van der Waals surface area (Å²) in [5.74, 6) is 0. The standard InChI is InChI=1S/C17H34NO4P/c1-4-7-9-13-23(20,22-6-3)16-11-10-15(14-16)18-17(19)21-12-8-5-2/h15-16H,4-14H2,1-3H3,(H,18,19)/t15-,16-,23?/m1/s1. The molecule has 1 unspecified atom stereocenters. The molecule has 1 fully saturated rings. The van der Waals surface area contributed by atoms with Gasteiger partial charge in [0.25, 0.3) is 0 Å². The number of unbranched alkanes of at least 4 members (excludes halogenated alkanes) is 3. The molecule has 5 nitrogen and oxygen atoms in total. The molecule has 1 N–H and O–H groups in total. The van der Waals surface area contributed by atoms with Gasteiger partial charge in [0.2, 0.25) is 7.37 Å². The number of amides is 1. The van der Waals surface area contributed by atoms with E-state index in [1.807, 2.05) is 6.92 Å². The van der Waals surface area contributed by atoms with Crippen LogP contribution >= 0.6 is 7.37 Å². The SMILES string of the molecule is CCCCCP(=O)(OCC)[C@@H]1CC[C@@H](NC(=O)OCCCC)C1. The molecule has 0 saturated heterocycles. The molecule has 23 heavy (non-hydrogen) atoms. The van der Waals surface area contributed by atoms with Crippen LogP contribution in [0, 0.1) is 0 Å². The predicted molar refractivity (Wildman–Crippen MR) is 94.4 cm³/mol. The molecule has 0 aromatic rings. The maximum Gasteiger partial charge on any atom is 0.407 e. The van der Waals surface area contributed by atoms with Crippen molar-refractivity contribution in [2.45, 2.75) is 83.8 Å². The van der Waals surface area contributed by atoms with Gasteiger partial charge in [0, 0.05) is 17.9 Å². The predicted octanol–water partition coefficient (Wildman–Crippen LogP) is 4.94. The molecule has 0 aromatic carbocycles. The first-order valence-corrected chi connectivity index (χ1v) is 11.1. The molecular weight excluding hydrogens is 313 g/mol. The van der Waals surface area contributed by atoms with Gasteiger partial charge < -0.3 is 14.6 Å². The molecule has 0 spiro atoms. The van der Waals surface area contributed by atoms with E-state index < -0.39 is 7.37 Å². The molecule has 1 amide bonds. The van der Waals surface area contributed by atoms with Crippen LogP contribution in [0.3, 0.4) is 0 Å². The van der Waals surface area contributed by atoms with E-state index in [4.69, 9.17) is 9.26 Å². The van der Waals surface area contributed by atoms with Crippen molar-refractivity contribution in [2.24, 2.45) is 0 Å². The van der Waals surface area contributed by atoms with Crippen molar-refractivity contribution in [2.75, 3.05) is 19.4 Å². The van der Waals surface area contributed by atoms with Crippen LogP contribution in [0.25, 0.3) is 0 Å². The number of hydrogen-bond acceptors (Lipinski definition) is 4. The van der Waals surface area contributed by atoms with Gasteiger partial charge in [-0.1, -0.05) is 33.1 Å². The highest BCUT2D eigenvalue weighted by molar-refractivity contribution is 7.59. The Morgan fingerprint density at radius 2 is 1.87 bits per heavy atom. The van der Waals surface area contributed by atoms with E-state index in [9.17, 15) is 9.36 Å². The van der Waals surface area contributed by atoms with E-state index in [-0.39, 0.29) is 17.8 Å². The molecule has 1 saturated carbocycles. The minimum atomic E-state index is -2.60. The molecule has 1 rings (SSSR count). The fraction of sp³-hybridized carbons (Fsp3) is 0.941. The van der Waals surface area contributed by atoms with Crippen LogP contribution in [0.2, 0.25) is 0 Å². The van der Waals surface area contributed by atoms with Gasteiger partial charge in [-0.15, -0.1) is 0 Å². The van der Waals surface area contributed by atoms with E-state index >= 15 is 0 Å². The Morgan fingerprint density at radius 1 is 1.13 bits per heavy atom. The molecule has 1 aliphatic carbocycles. The van der Waals surface area contributed by atoms with Crippen molar-refractivity contribution in [3.8, 4) is 0 Å². The molecule has 3 atom stereocenters. The topological polar surface area (TPSA) is 64.6 Å². The molecule has 1 aliphatic rings. The minimum absolute atomic E-state index is 0.0640. The zero-order valence-corrected chi connectivity index (χ0v) is 15.9. The van der Waals surface area contributed by atoms with Crippen LogP contribution in [0.1, 0.15) is 72.1 Å². The van der Waals surface area contributed by atoms with E-state index in [0.717, 1.165) is 51.4 Å². The Balaban J connectivity index is 2.45. The summed E-state index contributed by atoms with van der Waals surface area (Å²) in [5, 5.41) is 2.91. The minimum Gasteiger partial charge on any atom is -0.450 e. The summed E-state index contributed by atoms with van der Waals surface area (Å²) >= 11 is 0. The Morgan fingerprint density at radius 3 is 2.52 bits per heavy atom. The smallest absolute Gasteiger partial charge is 0.407 e. The summed E-state index contributed by atoms with van der Waals surface area (Å²) in [4.78, 5) is 11.7. The van der Waals surface area contributed by atoms with Crippen molar-refractivity contribution < 1.29 is 18.6 Å². The number of carbonyl (C=O) groups excluding carboxylic acids is 1. The molecule has 0 radical (unpaired) electrons. The van der Waals surface area contributed by atoms with Crippen molar-refractivity contribution in [1.82, 2.24) is 5.32 Å². The van der Waals surface area contributed by atoms with Crippen LogP contribution in [-0.2, 0) is 13.8 Å². The number of carbonyl (C=O) groups is 1. The number of hydrogen-bond donors (Lipinski definition) is 1. The van der Waals surface area contributed by atoms with Gasteiger partial charge in [0.15, 0.2) is 0 Å². The van der Waals surface area contributed by atoms with Crippen molar-refractivity contribution >= 4 is 13.5 Å². The maximum absolute atomic E-state index is 13.2. The van der Waals surface area contributed by atoms with Crippen LogP contribution in [0.5, 0.6) is 0 Å². The summed E-state index contributed by atoms with van der Waals surface area (Å²) in [6.45, 7) is 7.07. The average molecular weight is 347 g/mol. The molecule has 0 aliphatic heterocycles. The highest BCUT2D eigenvalue weighted by Gasteiger charge is 2.39. The quantitative estimate of drug-likeness (QED) is 0.425. The van der Waals surface area contributed by atoms with Crippen LogP contribution in [0.4, 0.5) is 4.79 Å².